The summed E-state index contributed by atoms with van der Waals surface area (Å²) in [5.41, 5.74) is 1.33. The van der Waals surface area contributed by atoms with E-state index in [0.717, 1.165) is 21.7 Å². The molecule has 0 unspecified atom stereocenters. The van der Waals surface area contributed by atoms with Gasteiger partial charge in [-0.1, -0.05) is 39.8 Å². The van der Waals surface area contributed by atoms with Gasteiger partial charge >= 0.3 is 0 Å². The monoisotopic (exact) mass is 363 g/mol. The van der Waals surface area contributed by atoms with E-state index < -0.39 is 0 Å². The Balaban J connectivity index is 1.82. The maximum absolute atomic E-state index is 5.44. The first-order valence-electron chi connectivity index (χ1n) is 7.09. The highest BCUT2D eigenvalue weighted by atomic mass is 79.9. The summed E-state index contributed by atoms with van der Waals surface area (Å²) in [5.74, 6) is 0.923. The fourth-order valence-electron chi connectivity index (χ4n) is 2.15. The predicted molar refractivity (Wildman–Crippen MR) is 91.1 cm³/mol. The van der Waals surface area contributed by atoms with E-state index in [4.69, 9.17) is 4.74 Å². The van der Waals surface area contributed by atoms with Crippen molar-refractivity contribution in [3.63, 3.8) is 0 Å². The Morgan fingerprint density at radius 1 is 1.19 bits per heavy atom. The number of nitrogens with one attached hydrogen (secondary N) is 1. The van der Waals surface area contributed by atoms with E-state index in [1.54, 1.807) is 18.9 Å². The molecule has 0 aromatic heterocycles. The second kappa shape index (κ2) is 6.86. The molecule has 0 amide bonds. The molecule has 2 aromatic rings. The Bertz CT molecular complexity index is 628. The minimum Gasteiger partial charge on any atom is -0.496 e. The highest BCUT2D eigenvalue weighted by molar-refractivity contribution is 9.10. The van der Waals surface area contributed by atoms with Gasteiger partial charge in [0.2, 0.25) is 0 Å². The van der Waals surface area contributed by atoms with Crippen LogP contribution in [0.2, 0.25) is 0 Å². The SMILES string of the molecule is COc1ccccc1Sc1ccc(Br)cc1CNC1CC1. The molecule has 1 saturated carbocycles. The van der Waals surface area contributed by atoms with Gasteiger partial charge in [-0.3, -0.25) is 0 Å². The third-order valence-electron chi connectivity index (χ3n) is 3.47. The third-order valence-corrected chi connectivity index (χ3v) is 5.14. The number of methoxy groups -OCH3 is 1. The summed E-state index contributed by atoms with van der Waals surface area (Å²) in [6, 6.07) is 15.3. The van der Waals surface area contributed by atoms with E-state index in [0.29, 0.717) is 6.04 Å². The van der Waals surface area contributed by atoms with Crippen molar-refractivity contribution in [3.05, 3.63) is 52.5 Å². The maximum atomic E-state index is 5.44. The highest BCUT2D eigenvalue weighted by Gasteiger charge is 2.20. The molecule has 3 rings (SSSR count). The van der Waals surface area contributed by atoms with Crippen LogP contribution in [-0.2, 0) is 6.54 Å². The Morgan fingerprint density at radius 3 is 2.76 bits per heavy atom. The van der Waals surface area contributed by atoms with Crippen LogP contribution >= 0.6 is 27.7 Å². The highest BCUT2D eigenvalue weighted by Crippen LogP contribution is 2.37. The fourth-order valence-corrected chi connectivity index (χ4v) is 3.59. The number of para-hydroxylation sites is 1. The zero-order valence-electron chi connectivity index (χ0n) is 11.9. The third kappa shape index (κ3) is 4.02. The number of benzene rings is 2. The standard InChI is InChI=1S/C17H18BrNOS/c1-20-15-4-2-3-5-17(15)21-16-9-6-13(18)10-12(16)11-19-14-7-8-14/h2-6,9-10,14,19H,7-8,11H2,1H3. The van der Waals surface area contributed by atoms with Gasteiger partial charge in [0, 0.05) is 22.0 Å². The summed E-state index contributed by atoms with van der Waals surface area (Å²) in [4.78, 5) is 2.42. The van der Waals surface area contributed by atoms with Crippen molar-refractivity contribution in [2.24, 2.45) is 0 Å². The lowest BCUT2D eigenvalue weighted by Crippen LogP contribution is -2.15. The summed E-state index contributed by atoms with van der Waals surface area (Å²) in [6.45, 7) is 0.918. The summed E-state index contributed by atoms with van der Waals surface area (Å²) < 4.78 is 6.57. The average Bonchev–Trinajstić information content (AvgIpc) is 3.32. The Morgan fingerprint density at radius 2 is 2.00 bits per heavy atom. The fraction of sp³-hybridized carbons (Fsp3) is 0.294. The normalized spacial score (nSPS) is 14.2. The second-order valence-electron chi connectivity index (χ2n) is 5.16. The molecular formula is C17H18BrNOS. The van der Waals surface area contributed by atoms with Crippen LogP contribution in [0.4, 0.5) is 0 Å². The molecule has 2 nitrogen and oxygen atoms in total. The molecule has 1 N–H and O–H groups in total. The van der Waals surface area contributed by atoms with Crippen LogP contribution in [0, 0.1) is 0 Å². The minimum atomic E-state index is 0.716. The first-order chi connectivity index (χ1) is 10.3. The van der Waals surface area contributed by atoms with Crippen molar-refractivity contribution in [1.82, 2.24) is 5.32 Å². The van der Waals surface area contributed by atoms with Crippen LogP contribution in [-0.4, -0.2) is 13.2 Å². The van der Waals surface area contributed by atoms with Crippen LogP contribution in [0.1, 0.15) is 18.4 Å². The Kier molecular flexibility index (Phi) is 4.88. The summed E-state index contributed by atoms with van der Waals surface area (Å²) in [5, 5.41) is 3.59. The molecule has 0 saturated heterocycles. The summed E-state index contributed by atoms with van der Waals surface area (Å²) in [6.07, 6.45) is 2.62. The number of hydrogen-bond acceptors (Lipinski definition) is 3. The van der Waals surface area contributed by atoms with Crippen LogP contribution in [0.5, 0.6) is 5.75 Å². The van der Waals surface area contributed by atoms with Crippen molar-refractivity contribution in [1.29, 1.82) is 0 Å². The quantitative estimate of drug-likeness (QED) is 0.791. The minimum absolute atomic E-state index is 0.716. The molecule has 0 heterocycles. The lowest BCUT2D eigenvalue weighted by Gasteiger charge is -2.12. The van der Waals surface area contributed by atoms with Crippen LogP contribution < -0.4 is 10.1 Å². The molecule has 4 heteroatoms. The van der Waals surface area contributed by atoms with Crippen LogP contribution in [0.3, 0.4) is 0 Å². The van der Waals surface area contributed by atoms with Crippen molar-refractivity contribution in [3.8, 4) is 5.75 Å². The Hall–Kier alpha value is -0.970. The maximum Gasteiger partial charge on any atom is 0.132 e. The molecule has 2 aromatic carbocycles. The zero-order valence-corrected chi connectivity index (χ0v) is 14.3. The van der Waals surface area contributed by atoms with Gasteiger partial charge in [-0.2, -0.15) is 0 Å². The average molecular weight is 364 g/mol. The van der Waals surface area contributed by atoms with E-state index >= 15 is 0 Å². The molecule has 0 radical (unpaired) electrons. The summed E-state index contributed by atoms with van der Waals surface area (Å²) in [7, 11) is 1.72. The van der Waals surface area contributed by atoms with Crippen LogP contribution in [0.25, 0.3) is 0 Å². The number of halogens is 1. The van der Waals surface area contributed by atoms with Gasteiger partial charge in [-0.05, 0) is 48.7 Å². The molecule has 1 fully saturated rings. The summed E-state index contributed by atoms with van der Waals surface area (Å²) >= 11 is 5.33. The van der Waals surface area contributed by atoms with E-state index in [1.807, 2.05) is 18.2 Å². The first-order valence-corrected chi connectivity index (χ1v) is 8.70. The van der Waals surface area contributed by atoms with E-state index in [1.165, 1.54) is 23.3 Å². The number of hydrogen-bond donors (Lipinski definition) is 1. The number of ether oxygens (including phenoxy) is 1. The lowest BCUT2D eigenvalue weighted by atomic mass is 10.2. The zero-order chi connectivity index (χ0) is 14.7. The van der Waals surface area contributed by atoms with Crippen molar-refractivity contribution >= 4 is 27.7 Å². The second-order valence-corrected chi connectivity index (χ2v) is 7.16. The molecule has 21 heavy (non-hydrogen) atoms. The molecule has 1 aliphatic carbocycles. The molecule has 0 atom stereocenters. The van der Waals surface area contributed by atoms with Gasteiger partial charge in [0.25, 0.3) is 0 Å². The number of rotatable bonds is 6. The molecule has 110 valence electrons. The van der Waals surface area contributed by atoms with Gasteiger partial charge in [0.1, 0.15) is 5.75 Å². The van der Waals surface area contributed by atoms with Crippen molar-refractivity contribution < 1.29 is 4.74 Å². The Labute approximate surface area is 138 Å². The largest absolute Gasteiger partial charge is 0.496 e. The first kappa shape index (κ1) is 14.9. The molecule has 1 aliphatic rings. The lowest BCUT2D eigenvalue weighted by molar-refractivity contribution is 0.405. The van der Waals surface area contributed by atoms with Crippen LogP contribution in [0.15, 0.2) is 56.7 Å². The van der Waals surface area contributed by atoms with Crippen molar-refractivity contribution in [2.75, 3.05) is 7.11 Å². The van der Waals surface area contributed by atoms with Gasteiger partial charge < -0.3 is 10.1 Å². The molecule has 0 bridgehead atoms. The topological polar surface area (TPSA) is 21.3 Å². The predicted octanol–water partition coefficient (Wildman–Crippen LogP) is 4.86. The van der Waals surface area contributed by atoms with Gasteiger partial charge in [-0.15, -0.1) is 0 Å². The molecular weight excluding hydrogens is 346 g/mol. The van der Waals surface area contributed by atoms with E-state index in [9.17, 15) is 0 Å². The molecule has 0 spiro atoms. The van der Waals surface area contributed by atoms with Gasteiger partial charge in [0.05, 0.1) is 12.0 Å². The molecule has 0 aliphatic heterocycles. The van der Waals surface area contributed by atoms with E-state index in [2.05, 4.69) is 45.5 Å². The van der Waals surface area contributed by atoms with Crippen molar-refractivity contribution in [2.45, 2.75) is 35.2 Å². The van der Waals surface area contributed by atoms with Gasteiger partial charge in [0.15, 0.2) is 0 Å². The smallest absolute Gasteiger partial charge is 0.132 e. The van der Waals surface area contributed by atoms with Gasteiger partial charge in [-0.25, -0.2) is 0 Å². The van der Waals surface area contributed by atoms with E-state index in [-0.39, 0.29) is 0 Å².